The lowest BCUT2D eigenvalue weighted by Crippen LogP contribution is -2.41. The highest BCUT2D eigenvalue weighted by atomic mass is 16.5. The second-order valence-electron chi connectivity index (χ2n) is 7.46. The number of carbonyl (C=O) groups excluding carboxylic acids is 2. The van der Waals surface area contributed by atoms with Crippen LogP contribution in [0.2, 0.25) is 0 Å². The lowest BCUT2D eigenvalue weighted by atomic mass is 9.97. The fraction of sp³-hybridized carbons (Fsp3) is 0.435. The fourth-order valence-electron chi connectivity index (χ4n) is 3.59. The molecule has 166 valence electrons. The van der Waals surface area contributed by atoms with Crippen molar-refractivity contribution in [2.45, 2.75) is 26.4 Å². The molecule has 1 aromatic carbocycles. The van der Waals surface area contributed by atoms with Gasteiger partial charge in [-0.25, -0.2) is 0 Å². The van der Waals surface area contributed by atoms with Crippen LogP contribution in [0.3, 0.4) is 0 Å². The third-order valence-electron chi connectivity index (χ3n) is 5.35. The summed E-state index contributed by atoms with van der Waals surface area (Å²) in [6.45, 7) is 3.24. The summed E-state index contributed by atoms with van der Waals surface area (Å²) < 4.78 is 17.5. The summed E-state index contributed by atoms with van der Waals surface area (Å²) in [5.41, 5.74) is 0.796. The minimum atomic E-state index is -0.356. The number of hydrogen-bond acceptors (Lipinski definition) is 6. The molecular weight excluding hydrogens is 400 g/mol. The van der Waals surface area contributed by atoms with Gasteiger partial charge >= 0.3 is 5.97 Å². The number of amides is 1. The molecule has 2 heterocycles. The van der Waals surface area contributed by atoms with Crippen LogP contribution in [0.1, 0.15) is 35.8 Å². The second-order valence-corrected chi connectivity index (χ2v) is 7.46. The predicted octanol–water partition coefficient (Wildman–Crippen LogP) is 2.39. The average Bonchev–Trinajstić information content (AvgIpc) is 2.79. The number of piperidine rings is 1. The van der Waals surface area contributed by atoms with E-state index in [9.17, 15) is 14.4 Å². The summed E-state index contributed by atoms with van der Waals surface area (Å²) in [6.07, 6.45) is 2.64. The molecule has 1 aliphatic heterocycles. The number of ether oxygens (including phenoxy) is 3. The minimum absolute atomic E-state index is 0.169. The Morgan fingerprint density at radius 1 is 1.16 bits per heavy atom. The Hall–Kier alpha value is -3.29. The highest BCUT2D eigenvalue weighted by Crippen LogP contribution is 2.21. The SMILES string of the molecule is CCOC(=O)C1CCN(C(=O)c2cc(=O)c(OCc3cccc(OC)c3)cn2C)CC1. The Bertz CT molecular complexity index is 992. The summed E-state index contributed by atoms with van der Waals surface area (Å²) in [4.78, 5) is 39.0. The van der Waals surface area contributed by atoms with Gasteiger partial charge in [0.15, 0.2) is 5.75 Å². The van der Waals surface area contributed by atoms with Gasteiger partial charge in [0.25, 0.3) is 5.91 Å². The summed E-state index contributed by atoms with van der Waals surface area (Å²) >= 11 is 0. The van der Waals surface area contributed by atoms with Crippen molar-refractivity contribution < 1.29 is 23.8 Å². The molecule has 0 radical (unpaired) electrons. The average molecular weight is 428 g/mol. The van der Waals surface area contributed by atoms with Crippen molar-refractivity contribution in [3.8, 4) is 11.5 Å². The molecule has 1 amide bonds. The Balaban J connectivity index is 1.65. The molecule has 0 saturated carbocycles. The molecule has 0 N–H and O–H groups in total. The maximum atomic E-state index is 12.9. The Labute approximate surface area is 181 Å². The van der Waals surface area contributed by atoms with Crippen molar-refractivity contribution in [2.75, 3.05) is 26.8 Å². The van der Waals surface area contributed by atoms with Crippen molar-refractivity contribution in [3.63, 3.8) is 0 Å². The first-order valence-electron chi connectivity index (χ1n) is 10.3. The molecule has 3 rings (SSSR count). The number of nitrogens with zero attached hydrogens (tertiary/aromatic N) is 2. The van der Waals surface area contributed by atoms with Gasteiger partial charge in [0.2, 0.25) is 5.43 Å². The predicted molar refractivity (Wildman–Crippen MR) is 114 cm³/mol. The van der Waals surface area contributed by atoms with E-state index in [0.717, 1.165) is 5.56 Å². The van der Waals surface area contributed by atoms with E-state index in [1.807, 2.05) is 24.3 Å². The number of aryl methyl sites for hydroxylation is 1. The van der Waals surface area contributed by atoms with E-state index in [2.05, 4.69) is 0 Å². The molecule has 31 heavy (non-hydrogen) atoms. The highest BCUT2D eigenvalue weighted by molar-refractivity contribution is 5.92. The van der Waals surface area contributed by atoms with Crippen molar-refractivity contribution in [1.29, 1.82) is 0 Å². The van der Waals surface area contributed by atoms with Crippen LogP contribution in [-0.2, 0) is 23.2 Å². The molecule has 0 atom stereocenters. The number of benzene rings is 1. The molecule has 0 bridgehead atoms. The largest absolute Gasteiger partial charge is 0.497 e. The summed E-state index contributed by atoms with van der Waals surface area (Å²) in [6, 6.07) is 8.70. The van der Waals surface area contributed by atoms with Gasteiger partial charge in [-0.2, -0.15) is 0 Å². The van der Waals surface area contributed by atoms with Crippen LogP contribution in [0.25, 0.3) is 0 Å². The van der Waals surface area contributed by atoms with E-state index < -0.39 is 0 Å². The molecule has 1 saturated heterocycles. The lowest BCUT2D eigenvalue weighted by molar-refractivity contribution is -0.149. The number of methoxy groups -OCH3 is 1. The van der Waals surface area contributed by atoms with Crippen molar-refractivity contribution in [1.82, 2.24) is 9.47 Å². The maximum absolute atomic E-state index is 12.9. The van der Waals surface area contributed by atoms with Gasteiger partial charge in [-0.1, -0.05) is 12.1 Å². The Morgan fingerprint density at radius 2 is 1.90 bits per heavy atom. The van der Waals surface area contributed by atoms with Crippen LogP contribution in [0.4, 0.5) is 0 Å². The quantitative estimate of drug-likeness (QED) is 0.630. The number of likely N-dealkylation sites (tertiary alicyclic amines) is 1. The standard InChI is InChI=1S/C23H28N2O6/c1-4-30-23(28)17-8-10-25(11-9-17)22(27)19-13-20(26)21(14-24(19)2)31-15-16-6-5-7-18(12-16)29-3/h5-7,12-14,17H,4,8-11,15H2,1-3H3. The molecule has 1 fully saturated rings. The first kappa shape index (κ1) is 22.4. The molecule has 0 unspecified atom stereocenters. The van der Waals surface area contributed by atoms with Crippen molar-refractivity contribution >= 4 is 11.9 Å². The minimum Gasteiger partial charge on any atom is -0.497 e. The lowest BCUT2D eigenvalue weighted by Gasteiger charge is -2.31. The van der Waals surface area contributed by atoms with Crippen LogP contribution in [-0.4, -0.2) is 48.1 Å². The summed E-state index contributed by atoms with van der Waals surface area (Å²) in [7, 11) is 3.29. The van der Waals surface area contributed by atoms with Gasteiger partial charge in [-0.3, -0.25) is 14.4 Å². The smallest absolute Gasteiger partial charge is 0.309 e. The van der Waals surface area contributed by atoms with Gasteiger partial charge in [0, 0.05) is 26.2 Å². The van der Waals surface area contributed by atoms with E-state index >= 15 is 0 Å². The van der Waals surface area contributed by atoms with Gasteiger partial charge in [0.1, 0.15) is 18.1 Å². The van der Waals surface area contributed by atoms with Crippen LogP contribution < -0.4 is 14.9 Å². The maximum Gasteiger partial charge on any atom is 0.309 e. The number of carbonyl (C=O) groups is 2. The van der Waals surface area contributed by atoms with Gasteiger partial charge in [0.05, 0.1) is 25.8 Å². The van der Waals surface area contributed by atoms with Crippen LogP contribution in [0.5, 0.6) is 11.5 Å². The Kier molecular flexibility index (Phi) is 7.33. The normalized spacial score (nSPS) is 14.2. The molecule has 1 aliphatic rings. The molecule has 0 aliphatic carbocycles. The third kappa shape index (κ3) is 5.45. The molecule has 2 aromatic rings. The zero-order valence-corrected chi connectivity index (χ0v) is 18.1. The second kappa shape index (κ2) is 10.1. The zero-order valence-electron chi connectivity index (χ0n) is 18.1. The Morgan fingerprint density at radius 3 is 2.58 bits per heavy atom. The summed E-state index contributed by atoms with van der Waals surface area (Å²) in [5.74, 6) is 0.255. The number of esters is 1. The zero-order chi connectivity index (χ0) is 22.4. The third-order valence-corrected chi connectivity index (χ3v) is 5.35. The first-order chi connectivity index (χ1) is 14.9. The molecule has 8 heteroatoms. The topological polar surface area (TPSA) is 87.1 Å². The van der Waals surface area contributed by atoms with E-state index in [4.69, 9.17) is 14.2 Å². The first-order valence-corrected chi connectivity index (χ1v) is 10.3. The molecule has 1 aromatic heterocycles. The van der Waals surface area contributed by atoms with Crippen molar-refractivity contribution in [2.24, 2.45) is 13.0 Å². The van der Waals surface area contributed by atoms with E-state index in [1.165, 1.54) is 12.3 Å². The molecular formula is C23H28N2O6. The van der Waals surface area contributed by atoms with E-state index in [1.54, 1.807) is 30.5 Å². The number of hydrogen-bond donors (Lipinski definition) is 0. The highest BCUT2D eigenvalue weighted by Gasteiger charge is 2.29. The van der Waals surface area contributed by atoms with Gasteiger partial charge in [-0.05, 0) is 37.5 Å². The number of rotatable bonds is 7. The van der Waals surface area contributed by atoms with Crippen LogP contribution in [0, 0.1) is 5.92 Å². The summed E-state index contributed by atoms with van der Waals surface area (Å²) in [5, 5.41) is 0. The van der Waals surface area contributed by atoms with E-state index in [0.29, 0.717) is 38.3 Å². The fourth-order valence-corrected chi connectivity index (χ4v) is 3.59. The molecule has 8 nitrogen and oxygen atoms in total. The monoisotopic (exact) mass is 428 g/mol. The number of pyridine rings is 1. The van der Waals surface area contributed by atoms with E-state index in [-0.39, 0.29) is 41.3 Å². The van der Waals surface area contributed by atoms with Crippen LogP contribution >= 0.6 is 0 Å². The van der Waals surface area contributed by atoms with Crippen LogP contribution in [0.15, 0.2) is 41.3 Å². The van der Waals surface area contributed by atoms with Gasteiger partial charge < -0.3 is 23.7 Å². The van der Waals surface area contributed by atoms with Gasteiger partial charge in [-0.15, -0.1) is 0 Å². The number of aromatic nitrogens is 1. The van der Waals surface area contributed by atoms with Crippen molar-refractivity contribution in [3.05, 3.63) is 58.0 Å². The molecule has 0 spiro atoms.